The number of piperidine rings is 1. The summed E-state index contributed by atoms with van der Waals surface area (Å²) in [5.41, 5.74) is 0.997. The summed E-state index contributed by atoms with van der Waals surface area (Å²) in [4.78, 5) is 14.9. The van der Waals surface area contributed by atoms with E-state index in [2.05, 4.69) is 15.0 Å². The number of fused-ring (bicyclic) bond motifs is 1. The van der Waals surface area contributed by atoms with E-state index in [0.29, 0.717) is 46.3 Å². The number of nitrogens with zero attached hydrogens (tertiary/aromatic N) is 4. The normalized spacial score (nSPS) is 20.3. The van der Waals surface area contributed by atoms with Crippen molar-refractivity contribution in [3.8, 4) is 0 Å². The Hall–Kier alpha value is -1.54. The van der Waals surface area contributed by atoms with Crippen molar-refractivity contribution in [2.24, 2.45) is 0 Å². The molecular weight excluding hydrogens is 396 g/mol. The summed E-state index contributed by atoms with van der Waals surface area (Å²) in [6, 6.07) is 3.02. The van der Waals surface area contributed by atoms with Crippen LogP contribution >= 0.6 is 34.5 Å². The third kappa shape index (κ3) is 3.91. The molecule has 1 N–H and O–H groups in total. The van der Waals surface area contributed by atoms with E-state index in [1.807, 2.05) is 4.90 Å². The quantitative estimate of drug-likeness (QED) is 0.675. The molecule has 4 rings (SSSR count). The van der Waals surface area contributed by atoms with Crippen LogP contribution in [0.3, 0.4) is 0 Å². The van der Waals surface area contributed by atoms with Crippen LogP contribution in [-0.4, -0.2) is 39.0 Å². The number of likely N-dealkylation sites (tertiary alicyclic amines) is 1. The minimum atomic E-state index is -1.23. The van der Waals surface area contributed by atoms with Gasteiger partial charge in [0.25, 0.3) is 0 Å². The Bertz CT molecular complexity index is 1050. The Morgan fingerprint density at radius 1 is 1.38 bits per heavy atom. The molecule has 0 saturated carbocycles. The standard InChI is InChI=1S/C17H16Cl2FN5S/c18-12-7-10(1-2-13(12)20)8-25-5-3-11(4-6-25)23-15-14-16(22-9-21-15)26-17(19)24-14/h1-2,7,9,11H,3-6,8H2,(H,21,22,23)/i8D,11D/hD. The topological polar surface area (TPSA) is 53.9 Å². The molecule has 1 aliphatic heterocycles. The molecule has 1 unspecified atom stereocenters. The number of anilines is 1. The van der Waals surface area contributed by atoms with Crippen LogP contribution in [0.15, 0.2) is 24.5 Å². The molecule has 0 aliphatic carbocycles. The fourth-order valence-corrected chi connectivity index (χ4v) is 3.90. The highest BCUT2D eigenvalue weighted by Gasteiger charge is 2.21. The van der Waals surface area contributed by atoms with Crippen LogP contribution in [0.4, 0.5) is 10.2 Å². The van der Waals surface area contributed by atoms with Gasteiger partial charge in [-0.15, -0.1) is 0 Å². The summed E-state index contributed by atoms with van der Waals surface area (Å²) in [6.45, 7) is 0.127. The van der Waals surface area contributed by atoms with Crippen LogP contribution in [-0.2, 0) is 6.52 Å². The van der Waals surface area contributed by atoms with Gasteiger partial charge in [0.1, 0.15) is 22.5 Å². The lowest BCUT2D eigenvalue weighted by atomic mass is 10.0. The molecule has 26 heavy (non-hydrogen) atoms. The summed E-state index contributed by atoms with van der Waals surface area (Å²) in [5, 5.41) is 1.05. The number of aromatic nitrogens is 3. The second kappa shape index (κ2) is 7.60. The Kier molecular flexibility index (Phi) is 4.24. The summed E-state index contributed by atoms with van der Waals surface area (Å²) in [6.07, 6.45) is 1.98. The summed E-state index contributed by atoms with van der Waals surface area (Å²) in [5.74, 6) is -0.274. The number of nitrogens with one attached hydrogen (secondary N) is 1. The fraction of sp³-hybridized carbons (Fsp3) is 0.353. The molecule has 3 aromatic rings. The van der Waals surface area contributed by atoms with Gasteiger partial charge in [0.05, 0.1) is 6.39 Å². The van der Waals surface area contributed by atoms with Gasteiger partial charge in [-0.3, -0.25) is 4.90 Å². The predicted molar refractivity (Wildman–Crippen MR) is 104 cm³/mol. The molecule has 1 atom stereocenters. The van der Waals surface area contributed by atoms with Crippen molar-refractivity contribution in [3.05, 3.63) is 45.4 Å². The number of hydrogen-bond donors (Lipinski definition) is 1. The summed E-state index contributed by atoms with van der Waals surface area (Å²) < 4.78 is 39.5. The maximum Gasteiger partial charge on any atom is 0.186 e. The lowest BCUT2D eigenvalue weighted by molar-refractivity contribution is 0.211. The third-order valence-electron chi connectivity index (χ3n) is 4.06. The van der Waals surface area contributed by atoms with Crippen LogP contribution in [0, 0.1) is 5.82 Å². The second-order valence-electron chi connectivity index (χ2n) is 5.83. The van der Waals surface area contributed by atoms with Crippen molar-refractivity contribution in [2.45, 2.75) is 25.4 Å². The zero-order valence-corrected chi connectivity index (χ0v) is 15.8. The van der Waals surface area contributed by atoms with Gasteiger partial charge in [0.15, 0.2) is 11.7 Å². The van der Waals surface area contributed by atoms with Gasteiger partial charge >= 0.3 is 0 Å². The molecule has 0 spiro atoms. The van der Waals surface area contributed by atoms with Gasteiger partial charge in [-0.1, -0.05) is 40.6 Å². The van der Waals surface area contributed by atoms with Gasteiger partial charge in [-0.05, 0) is 30.5 Å². The average molecular weight is 415 g/mol. The van der Waals surface area contributed by atoms with E-state index in [1.54, 1.807) is 6.07 Å². The average Bonchev–Trinajstić information content (AvgIpc) is 3.09. The molecule has 1 saturated heterocycles. The number of thiazole rings is 1. The molecule has 9 heteroatoms. The van der Waals surface area contributed by atoms with Gasteiger partial charge in [-0.25, -0.2) is 19.3 Å². The van der Waals surface area contributed by atoms with Gasteiger partial charge < -0.3 is 5.31 Å². The van der Waals surface area contributed by atoms with Crippen LogP contribution in [0.25, 0.3) is 10.3 Å². The van der Waals surface area contributed by atoms with Crippen LogP contribution in [0.2, 0.25) is 10.9 Å². The number of benzene rings is 1. The molecule has 2 aromatic heterocycles. The third-order valence-corrected chi connectivity index (χ3v) is 5.42. The van der Waals surface area contributed by atoms with Crippen LogP contribution in [0.1, 0.15) is 21.1 Å². The number of hydrogen-bond acceptors (Lipinski definition) is 6. The van der Waals surface area contributed by atoms with Crippen molar-refractivity contribution < 1.29 is 8.54 Å². The van der Waals surface area contributed by atoms with Crippen molar-refractivity contribution in [1.29, 1.82) is 0 Å². The smallest absolute Gasteiger partial charge is 0.186 e. The van der Waals surface area contributed by atoms with Gasteiger partial charge in [0, 0.05) is 27.0 Å². The lowest BCUT2D eigenvalue weighted by Crippen LogP contribution is -2.38. The molecule has 3 heterocycles. The molecule has 0 bridgehead atoms. The zero-order valence-electron chi connectivity index (χ0n) is 16.5. The Labute approximate surface area is 168 Å². The first-order valence-corrected chi connectivity index (χ1v) is 9.53. The van der Waals surface area contributed by atoms with Crippen molar-refractivity contribution >= 4 is 50.7 Å². The first kappa shape index (κ1) is 14.5. The van der Waals surface area contributed by atoms with Crippen molar-refractivity contribution in [1.82, 2.24) is 19.9 Å². The first-order valence-electron chi connectivity index (χ1n) is 9.48. The van der Waals surface area contributed by atoms with Crippen LogP contribution < -0.4 is 5.31 Å². The molecule has 136 valence electrons. The van der Waals surface area contributed by atoms with E-state index in [9.17, 15) is 4.39 Å². The van der Waals surface area contributed by atoms with E-state index >= 15 is 0 Å². The molecule has 0 amide bonds. The SMILES string of the molecule is [2H]C(c1ccc(F)c(Cl)c1)N1CCC([2H])(N([2H])c2ncnc3sc(Cl)nc23)CC1. The number of rotatable bonds is 4. The molecule has 0 radical (unpaired) electrons. The predicted octanol–water partition coefficient (Wildman–Crippen LogP) is 4.61. The first-order chi connectivity index (χ1) is 13.8. The van der Waals surface area contributed by atoms with Crippen LogP contribution in [0.5, 0.6) is 0 Å². The Morgan fingerprint density at radius 2 is 2.19 bits per heavy atom. The van der Waals surface area contributed by atoms with E-state index in [1.165, 1.54) is 29.8 Å². The molecular formula is C17H16Cl2FN5S. The number of halogens is 3. The zero-order chi connectivity index (χ0) is 20.8. The monoisotopic (exact) mass is 414 g/mol. The van der Waals surface area contributed by atoms with Crippen molar-refractivity contribution in [2.75, 3.05) is 18.4 Å². The molecule has 5 nitrogen and oxygen atoms in total. The van der Waals surface area contributed by atoms with Gasteiger partial charge in [-0.2, -0.15) is 0 Å². The van der Waals surface area contributed by atoms with Gasteiger partial charge in [0.2, 0.25) is 0 Å². The fourth-order valence-electron chi connectivity index (χ4n) is 2.78. The maximum atomic E-state index is 13.4. The van der Waals surface area contributed by atoms with Crippen molar-refractivity contribution in [3.63, 3.8) is 0 Å². The highest BCUT2D eigenvalue weighted by atomic mass is 35.5. The minimum Gasteiger partial charge on any atom is -0.365 e. The second-order valence-corrected chi connectivity index (χ2v) is 7.80. The highest BCUT2D eigenvalue weighted by molar-refractivity contribution is 7.21. The Balaban J connectivity index is 1.50. The Morgan fingerprint density at radius 3 is 2.96 bits per heavy atom. The molecule has 1 aromatic carbocycles. The summed E-state index contributed by atoms with van der Waals surface area (Å²) >= 11 is 13.0. The summed E-state index contributed by atoms with van der Waals surface area (Å²) in [7, 11) is 0. The van der Waals surface area contributed by atoms with E-state index < -0.39 is 18.4 Å². The van der Waals surface area contributed by atoms with E-state index in [4.69, 9.17) is 27.4 Å². The highest BCUT2D eigenvalue weighted by Crippen LogP contribution is 2.28. The van der Waals surface area contributed by atoms with E-state index in [0.717, 1.165) is 5.31 Å². The minimum absolute atomic E-state index is 0.0152. The van der Waals surface area contributed by atoms with E-state index in [-0.39, 0.29) is 10.8 Å². The molecule has 1 fully saturated rings. The maximum absolute atomic E-state index is 13.4. The lowest BCUT2D eigenvalue weighted by Gasteiger charge is -2.32. The largest absolute Gasteiger partial charge is 0.365 e. The molecule has 1 aliphatic rings.